The number of aliphatic imine (C=N–C) groups is 1. The minimum absolute atomic E-state index is 0.140. The Kier molecular flexibility index (Phi) is 5.78. The van der Waals surface area contributed by atoms with Crippen LogP contribution in [0.2, 0.25) is 0 Å². The lowest BCUT2D eigenvalue weighted by Gasteiger charge is -2.25. The maximum Gasteiger partial charge on any atom is 0.344 e. The van der Waals surface area contributed by atoms with E-state index in [2.05, 4.69) is 40.3 Å². The standard InChI is InChI=1S/C25H28N8O/c1-25(2,3)33-20-11-10-15(16-13-28-23(27)29-14-16)12-19(20)30-22(33)18-9-7-6-8-17(18)21(26)31-24(34)32(4)5/h6-14H,1-5H3,(H2,26,31,34)(H2,27,28,29). The molecule has 34 heavy (non-hydrogen) atoms. The first-order valence-corrected chi connectivity index (χ1v) is 10.8. The van der Waals surface area contributed by atoms with Crippen LogP contribution in [-0.4, -0.2) is 50.4 Å². The predicted octanol–water partition coefficient (Wildman–Crippen LogP) is 3.88. The number of carbonyl (C=O) groups excluding carboxylic acids is 1. The van der Waals surface area contributed by atoms with Crippen LogP contribution < -0.4 is 11.5 Å². The fourth-order valence-electron chi connectivity index (χ4n) is 3.77. The summed E-state index contributed by atoms with van der Waals surface area (Å²) in [6, 6.07) is 13.2. The lowest BCUT2D eigenvalue weighted by Crippen LogP contribution is -2.25. The van der Waals surface area contributed by atoms with Gasteiger partial charge in [-0.1, -0.05) is 30.3 Å². The Morgan fingerprint density at radius 1 is 1.03 bits per heavy atom. The summed E-state index contributed by atoms with van der Waals surface area (Å²) in [5, 5.41) is 0. The monoisotopic (exact) mass is 456 g/mol. The molecule has 4 aromatic rings. The third kappa shape index (κ3) is 4.32. The van der Waals surface area contributed by atoms with Crippen molar-refractivity contribution in [1.29, 1.82) is 0 Å². The van der Waals surface area contributed by atoms with Gasteiger partial charge >= 0.3 is 6.03 Å². The summed E-state index contributed by atoms with van der Waals surface area (Å²) in [5.74, 6) is 1.11. The number of anilines is 1. The van der Waals surface area contributed by atoms with Crippen molar-refractivity contribution in [3.8, 4) is 22.5 Å². The first-order valence-electron chi connectivity index (χ1n) is 10.8. The highest BCUT2D eigenvalue weighted by Gasteiger charge is 2.25. The molecule has 2 aromatic heterocycles. The number of imidazole rings is 1. The molecule has 4 rings (SSSR count). The van der Waals surface area contributed by atoms with Crippen molar-refractivity contribution in [2.24, 2.45) is 10.7 Å². The summed E-state index contributed by atoms with van der Waals surface area (Å²) in [7, 11) is 3.27. The average molecular weight is 457 g/mol. The van der Waals surface area contributed by atoms with Crippen molar-refractivity contribution >= 4 is 28.8 Å². The minimum Gasteiger partial charge on any atom is -0.383 e. The van der Waals surface area contributed by atoms with Gasteiger partial charge in [-0.3, -0.25) is 0 Å². The van der Waals surface area contributed by atoms with Gasteiger partial charge in [0.1, 0.15) is 11.7 Å². The van der Waals surface area contributed by atoms with Gasteiger partial charge in [-0.05, 0) is 38.5 Å². The van der Waals surface area contributed by atoms with Crippen LogP contribution >= 0.6 is 0 Å². The molecule has 0 aliphatic rings. The van der Waals surface area contributed by atoms with E-state index in [0.29, 0.717) is 5.56 Å². The smallest absolute Gasteiger partial charge is 0.344 e. The normalized spacial score (nSPS) is 12.2. The van der Waals surface area contributed by atoms with Crippen molar-refractivity contribution in [3.05, 3.63) is 60.4 Å². The molecule has 0 atom stereocenters. The molecule has 0 saturated carbocycles. The fourth-order valence-corrected chi connectivity index (χ4v) is 3.77. The van der Waals surface area contributed by atoms with Crippen molar-refractivity contribution in [2.45, 2.75) is 26.3 Å². The first kappa shape index (κ1) is 22.9. The Morgan fingerprint density at radius 2 is 1.71 bits per heavy atom. The van der Waals surface area contributed by atoms with Crippen LogP contribution in [0.5, 0.6) is 0 Å². The number of rotatable bonds is 3. The number of hydrogen-bond acceptors (Lipinski definition) is 5. The third-order valence-electron chi connectivity index (χ3n) is 5.37. The van der Waals surface area contributed by atoms with Crippen LogP contribution in [-0.2, 0) is 5.54 Å². The Hall–Kier alpha value is -4.27. The highest BCUT2D eigenvalue weighted by Crippen LogP contribution is 2.34. The molecule has 0 radical (unpaired) electrons. The molecule has 174 valence electrons. The first-order chi connectivity index (χ1) is 16.1. The van der Waals surface area contributed by atoms with Crippen LogP contribution in [0.1, 0.15) is 26.3 Å². The van der Waals surface area contributed by atoms with Crippen LogP contribution in [0.4, 0.5) is 10.7 Å². The summed E-state index contributed by atoms with van der Waals surface area (Å²) in [5.41, 5.74) is 16.6. The average Bonchev–Trinajstić information content (AvgIpc) is 3.18. The van der Waals surface area contributed by atoms with Crippen molar-refractivity contribution in [2.75, 3.05) is 19.8 Å². The van der Waals surface area contributed by atoms with Crippen molar-refractivity contribution in [1.82, 2.24) is 24.4 Å². The lowest BCUT2D eigenvalue weighted by atomic mass is 10.0. The summed E-state index contributed by atoms with van der Waals surface area (Å²) < 4.78 is 2.17. The molecule has 4 N–H and O–H groups in total. The number of urea groups is 1. The van der Waals surface area contributed by atoms with Gasteiger partial charge in [-0.2, -0.15) is 4.99 Å². The van der Waals surface area contributed by atoms with Crippen molar-refractivity contribution < 1.29 is 4.79 Å². The minimum atomic E-state index is -0.424. The molecular formula is C25H28N8O. The number of hydrogen-bond donors (Lipinski definition) is 2. The summed E-state index contributed by atoms with van der Waals surface area (Å²) in [6.45, 7) is 6.36. The van der Waals surface area contributed by atoms with Gasteiger partial charge in [0.05, 0.1) is 11.0 Å². The predicted molar refractivity (Wildman–Crippen MR) is 135 cm³/mol. The largest absolute Gasteiger partial charge is 0.383 e. The number of nitrogens with zero attached hydrogens (tertiary/aromatic N) is 6. The molecule has 0 bridgehead atoms. The van der Waals surface area contributed by atoms with E-state index < -0.39 is 6.03 Å². The molecule has 2 amide bonds. The van der Waals surface area contributed by atoms with Gasteiger partial charge in [-0.25, -0.2) is 19.7 Å². The number of amidine groups is 1. The van der Waals surface area contributed by atoms with E-state index in [-0.39, 0.29) is 17.3 Å². The molecule has 0 saturated heterocycles. The number of nitrogens with two attached hydrogens (primary N) is 2. The van der Waals surface area contributed by atoms with E-state index >= 15 is 0 Å². The fraction of sp³-hybridized carbons (Fsp3) is 0.240. The zero-order chi connectivity index (χ0) is 24.6. The van der Waals surface area contributed by atoms with Gasteiger partial charge in [0.15, 0.2) is 0 Å². The third-order valence-corrected chi connectivity index (χ3v) is 5.37. The second kappa shape index (κ2) is 8.58. The number of nitrogen functional groups attached to an aromatic ring is 1. The Labute approximate surface area is 198 Å². The quantitative estimate of drug-likeness (QED) is 0.356. The van der Waals surface area contributed by atoms with Gasteiger partial charge in [0.2, 0.25) is 5.95 Å². The molecule has 0 spiro atoms. The zero-order valence-corrected chi connectivity index (χ0v) is 19.9. The summed E-state index contributed by atoms with van der Waals surface area (Å²) in [6.07, 6.45) is 3.39. The highest BCUT2D eigenvalue weighted by molar-refractivity contribution is 6.07. The number of benzene rings is 2. The van der Waals surface area contributed by atoms with E-state index in [0.717, 1.165) is 33.5 Å². The molecule has 0 fully saturated rings. The number of carbonyl (C=O) groups is 1. The van der Waals surface area contributed by atoms with Crippen molar-refractivity contribution in [3.63, 3.8) is 0 Å². The Morgan fingerprint density at radius 3 is 2.35 bits per heavy atom. The molecule has 2 aromatic carbocycles. The molecule has 0 aliphatic heterocycles. The summed E-state index contributed by atoms with van der Waals surface area (Å²) >= 11 is 0. The van der Waals surface area contributed by atoms with Crippen LogP contribution in [0.25, 0.3) is 33.5 Å². The Bertz CT molecular complexity index is 1390. The van der Waals surface area contributed by atoms with E-state index in [1.54, 1.807) is 26.5 Å². The van der Waals surface area contributed by atoms with Crippen LogP contribution in [0.15, 0.2) is 59.9 Å². The Balaban J connectivity index is 1.93. The number of amides is 2. The highest BCUT2D eigenvalue weighted by atomic mass is 16.2. The lowest BCUT2D eigenvalue weighted by molar-refractivity contribution is 0.227. The van der Waals surface area contributed by atoms with E-state index in [1.165, 1.54) is 4.90 Å². The molecule has 2 heterocycles. The van der Waals surface area contributed by atoms with Crippen LogP contribution in [0, 0.1) is 0 Å². The van der Waals surface area contributed by atoms with Gasteiger partial charge in [-0.15, -0.1) is 0 Å². The van der Waals surface area contributed by atoms with Gasteiger partial charge in [0, 0.05) is 48.7 Å². The maximum atomic E-state index is 12.2. The van der Waals surface area contributed by atoms with E-state index in [4.69, 9.17) is 16.5 Å². The van der Waals surface area contributed by atoms with Gasteiger partial charge in [0.25, 0.3) is 0 Å². The zero-order valence-electron chi connectivity index (χ0n) is 19.9. The van der Waals surface area contributed by atoms with Crippen LogP contribution in [0.3, 0.4) is 0 Å². The summed E-state index contributed by atoms with van der Waals surface area (Å²) in [4.78, 5) is 30.8. The molecule has 9 nitrogen and oxygen atoms in total. The second-order valence-corrected chi connectivity index (χ2v) is 9.19. The van der Waals surface area contributed by atoms with E-state index in [9.17, 15) is 4.79 Å². The second-order valence-electron chi connectivity index (χ2n) is 9.19. The molecule has 0 unspecified atom stereocenters. The number of fused-ring (bicyclic) bond motifs is 1. The molecular weight excluding hydrogens is 428 g/mol. The number of aromatic nitrogens is 4. The maximum absolute atomic E-state index is 12.2. The molecule has 9 heteroatoms. The van der Waals surface area contributed by atoms with Gasteiger partial charge < -0.3 is 20.9 Å². The topological polar surface area (TPSA) is 128 Å². The molecule has 0 aliphatic carbocycles. The SMILES string of the molecule is CN(C)C(=O)N=C(N)c1ccccc1-c1nc2cc(-c3cnc(N)nc3)ccc2n1C(C)(C)C. The van der Waals surface area contributed by atoms with E-state index in [1.807, 2.05) is 42.5 Å².